The molecule has 143 heavy (non-hydrogen) atoms. The Hall–Kier alpha value is -9.07. The van der Waals surface area contributed by atoms with Crippen LogP contribution in [0.5, 0.6) is 5.75 Å². The molecular formula is C104H169N16O23+. The highest BCUT2D eigenvalue weighted by atomic mass is 16.6. The van der Waals surface area contributed by atoms with E-state index in [4.69, 9.17) is 53.1 Å². The number of rotatable bonds is 63. The number of quaternary nitrogens is 1. The molecule has 39 heteroatoms. The summed E-state index contributed by atoms with van der Waals surface area (Å²) < 4.78 is 58.7. The monoisotopic (exact) mass is 2010 g/mol. The van der Waals surface area contributed by atoms with Crippen molar-refractivity contribution in [2.24, 2.45) is 40.2 Å². The molecule has 8 aliphatic rings. The third-order valence-electron chi connectivity index (χ3n) is 29.9. The van der Waals surface area contributed by atoms with Crippen molar-refractivity contribution in [3.63, 3.8) is 0 Å². The van der Waals surface area contributed by atoms with Crippen LogP contribution < -0.4 is 70.2 Å². The number of hydrazine groups is 4. The number of ketones is 2. The Balaban J connectivity index is 0.688. The maximum atomic E-state index is 15.0. The van der Waals surface area contributed by atoms with Gasteiger partial charge in [-0.1, -0.05) is 104 Å². The largest absolute Gasteiger partial charge is 0.508 e. The number of aryl methyl sites for hydroxylation is 2. The van der Waals surface area contributed by atoms with Gasteiger partial charge in [0.25, 0.3) is 0 Å². The van der Waals surface area contributed by atoms with E-state index in [1.165, 1.54) is 5.56 Å². The Bertz CT molecular complexity index is 4540. The van der Waals surface area contributed by atoms with Gasteiger partial charge in [0.05, 0.1) is 193 Å². The molecule has 12 atom stereocenters. The molecule has 0 spiro atoms. The van der Waals surface area contributed by atoms with Gasteiger partial charge in [-0.15, -0.1) is 11.1 Å². The third kappa shape index (κ3) is 35.3. The summed E-state index contributed by atoms with van der Waals surface area (Å²) >= 11 is 0. The van der Waals surface area contributed by atoms with E-state index in [9.17, 15) is 58.2 Å². The number of aliphatic hydroxyl groups is 1. The number of fused-ring (bicyclic) bond motifs is 6. The summed E-state index contributed by atoms with van der Waals surface area (Å²) in [5.74, 6) is -5.78. The molecule has 0 aromatic heterocycles. The van der Waals surface area contributed by atoms with Crippen LogP contribution in [0.25, 0.3) is 0 Å². The van der Waals surface area contributed by atoms with Gasteiger partial charge in [-0.3, -0.25) is 63.3 Å². The standard InChI is InChI=1S/C104H168N16O23/c1-71(2)93(84(124)66-75(22-19-43-109-100(105)133)96(129)111-80(68-121)83(123)65-72-28-29-73-31-34-87-101(3,77(73)64-72)38-20-40-103(87,5)98(131)113-99(132)104(6)41-21-39-102(4)78-67-76(122)33-30-74(78)32-35-88(102)104)112-97(130)79(110-90(126)37-49-135-53-57-139-60-62-140-58-54-136-50-45-108-92(128)70-142-85-26-15-11-13-24-81-94(85)114-116-118(81)7)23-17-18-42-106-91(127)69-143-86-27-16-12-14-25-82-95(86)115-117-119(82)46-51-137-55-59-141-63-61-138-56-52-134-48-36-89(125)107-44-47-120(8,9)10/h28-30,33,64,67,71,75,79-80,85-88,93,114-117,121H,11-27,31-32,34-63,65-66,68-70H2,1-10H3,(H10-,105,106,107,108,109,110,111,112,113,122,125,126,127,128,129,130,131,132,133)/p+1/t75-,79-,80+,85?,86?,87-,88-,93+,101-,102-,103+,104+/m1/s1. The topological polar surface area (TPSA) is 497 Å². The number of phenols is 1. The highest BCUT2D eigenvalue weighted by molar-refractivity contribution is 6.01. The van der Waals surface area contributed by atoms with Crippen LogP contribution in [-0.2, 0) is 125 Å². The highest BCUT2D eigenvalue weighted by Gasteiger charge is 2.59. The van der Waals surface area contributed by atoms with Crippen molar-refractivity contribution in [1.82, 2.24) is 74.5 Å². The van der Waals surface area contributed by atoms with Crippen LogP contribution in [0.2, 0.25) is 0 Å². The van der Waals surface area contributed by atoms with Gasteiger partial charge in [-0.2, -0.15) is 0 Å². The van der Waals surface area contributed by atoms with Crippen LogP contribution >= 0.6 is 0 Å². The second-order valence-corrected chi connectivity index (χ2v) is 41.9. The van der Waals surface area contributed by atoms with Crippen LogP contribution in [0.15, 0.2) is 59.2 Å². The van der Waals surface area contributed by atoms with Gasteiger partial charge in [0.1, 0.15) is 43.3 Å². The van der Waals surface area contributed by atoms with Gasteiger partial charge in [-0.25, -0.2) is 4.79 Å². The molecule has 6 aliphatic carbocycles. The van der Waals surface area contributed by atoms with E-state index in [1.54, 1.807) is 19.9 Å². The van der Waals surface area contributed by atoms with E-state index in [2.05, 4.69) is 99.4 Å². The summed E-state index contributed by atoms with van der Waals surface area (Å²) in [4.78, 5) is 153. The number of unbranched alkanes of at least 4 members (excludes halogenated alkanes) is 1. The molecule has 2 aromatic rings. The van der Waals surface area contributed by atoms with Gasteiger partial charge in [0, 0.05) is 58.3 Å². The average Bonchev–Trinajstić information content (AvgIpc) is 1.19. The number of carbonyl (C=O) groups is 11. The van der Waals surface area contributed by atoms with Gasteiger partial charge in [-0.05, 0) is 191 Å². The predicted octanol–water partition coefficient (Wildman–Crippen LogP) is 5.53. The second-order valence-electron chi connectivity index (χ2n) is 41.9. The number of benzene rings is 2. The molecule has 2 aromatic carbocycles. The Morgan fingerprint density at radius 2 is 1.01 bits per heavy atom. The Morgan fingerprint density at radius 3 is 1.57 bits per heavy atom. The van der Waals surface area contributed by atoms with Crippen molar-refractivity contribution in [2.75, 3.05) is 193 Å². The number of aliphatic hydroxyl groups excluding tert-OH is 1. The Labute approximate surface area is 844 Å². The lowest BCUT2D eigenvalue weighted by Crippen LogP contribution is -2.60. The number of hydrogen-bond donors (Lipinski definition) is 15. The van der Waals surface area contributed by atoms with E-state index in [0.29, 0.717) is 156 Å². The summed E-state index contributed by atoms with van der Waals surface area (Å²) in [6, 6.07) is 6.88. The number of carbonyl (C=O) groups excluding carboxylic acids is 11. The van der Waals surface area contributed by atoms with E-state index in [-0.39, 0.29) is 150 Å². The fourth-order valence-corrected chi connectivity index (χ4v) is 21.9. The van der Waals surface area contributed by atoms with Crippen molar-refractivity contribution < 1.29 is 115 Å². The normalized spacial score (nSPS) is 22.9. The van der Waals surface area contributed by atoms with Crippen LogP contribution in [-0.4, -0.2) is 313 Å². The lowest BCUT2D eigenvalue weighted by Gasteiger charge is -2.56. The smallest absolute Gasteiger partial charge is 0.312 e. The average molecular weight is 2010 g/mol. The van der Waals surface area contributed by atoms with Gasteiger partial charge in [0.2, 0.25) is 47.3 Å². The van der Waals surface area contributed by atoms with Crippen molar-refractivity contribution >= 4 is 64.9 Å². The molecule has 10 rings (SSSR count). The zero-order chi connectivity index (χ0) is 103. The first kappa shape index (κ1) is 116. The molecule has 0 bridgehead atoms. The first-order valence-corrected chi connectivity index (χ1v) is 52.5. The van der Waals surface area contributed by atoms with E-state index in [0.717, 1.165) is 140 Å². The number of allylic oxidation sites excluding steroid dienone is 2. The summed E-state index contributed by atoms with van der Waals surface area (Å²) in [5.41, 5.74) is 24.7. The molecule has 2 aliphatic heterocycles. The number of hydrogen-bond acceptors (Lipinski definition) is 29. The van der Waals surface area contributed by atoms with E-state index < -0.39 is 101 Å². The highest BCUT2D eigenvalue weighted by Crippen LogP contribution is 2.60. The molecule has 802 valence electrons. The molecule has 2 saturated carbocycles. The number of phenolic OH excluding ortho intramolecular Hbond substituents is 1. The Kier molecular flexibility index (Phi) is 47.4. The van der Waals surface area contributed by atoms with Gasteiger partial charge in [0.15, 0.2) is 11.6 Å². The summed E-state index contributed by atoms with van der Waals surface area (Å²) in [6.07, 6.45) is 16.6. The summed E-state index contributed by atoms with van der Waals surface area (Å²) in [6.45, 7) is 18.2. The van der Waals surface area contributed by atoms with Crippen LogP contribution in [0.4, 0.5) is 4.79 Å². The number of amides is 10. The molecule has 2 fully saturated rings. The van der Waals surface area contributed by atoms with Crippen molar-refractivity contribution in [2.45, 2.75) is 269 Å². The quantitative estimate of drug-likeness (QED) is 0.0220. The molecule has 0 saturated heterocycles. The molecule has 10 amide bonds. The van der Waals surface area contributed by atoms with Crippen molar-refractivity contribution in [3.05, 3.63) is 87.0 Å². The number of aromatic hydroxyl groups is 1. The number of nitrogens with zero attached hydrogens (tertiary/aromatic N) is 3. The number of likely N-dealkylation sites (N-methyl/N-ethyl adjacent to an activating group) is 1. The van der Waals surface area contributed by atoms with Crippen LogP contribution in [0.1, 0.15) is 236 Å². The maximum Gasteiger partial charge on any atom is 0.312 e. The number of ether oxygens (including phenoxy) is 10. The minimum absolute atomic E-state index is 0.0153. The lowest BCUT2D eigenvalue weighted by atomic mass is 9.49. The molecular weight excluding hydrogens is 1840 g/mol. The van der Waals surface area contributed by atoms with Crippen LogP contribution in [0, 0.1) is 34.5 Å². The fourth-order valence-electron chi connectivity index (χ4n) is 21.9. The molecule has 0 radical (unpaired) electrons. The third-order valence-corrected chi connectivity index (χ3v) is 29.9. The minimum atomic E-state index is -1.41. The summed E-state index contributed by atoms with van der Waals surface area (Å²) in [7, 11) is 8.19. The predicted molar refractivity (Wildman–Crippen MR) is 535 cm³/mol. The van der Waals surface area contributed by atoms with E-state index in [1.807, 2.05) is 61.2 Å². The zero-order valence-corrected chi connectivity index (χ0v) is 86.7. The number of Topliss-reactive ketones (excluding diaryl/α,β-unsaturated/α-hetero) is 2. The number of nitrogens with two attached hydrogens (primary N) is 1. The fraction of sp³-hybridized carbons (Fsp3) is 0.740. The first-order chi connectivity index (χ1) is 68.6. The molecule has 16 N–H and O–H groups in total. The number of imide groups is 1. The maximum absolute atomic E-state index is 15.0. The first-order valence-electron chi connectivity index (χ1n) is 52.5. The SMILES string of the molecule is CC(C)[C@H](NC(=O)[C@@H](CCCCNC(=O)COC1CCCCCC2=C1NNN2CCOCCOCCOCCOCCC(=O)NCC[N+](C)(C)C)NC(=O)CCOCCOCCOCCOCCNC(=O)COC1CCCCCC2=C1NNN2C)C(=O)C[C@@H](CCCNC(N)=O)C(=O)N[C@@H](CO)C(=O)Cc1ccc2c(c1)[C@@]1(C)CCC[C@](C)(C(=O)NC(=O)[C@@]3(C)CCC[C@]4(C)c5cc(O)ccc5CC[C@@H]34)[C@@H]1CC2. The zero-order valence-electron chi connectivity index (χ0n) is 86.7. The molecule has 2 heterocycles. The summed E-state index contributed by atoms with van der Waals surface area (Å²) in [5, 5.41) is 48.2. The van der Waals surface area contributed by atoms with E-state index >= 15 is 4.79 Å². The van der Waals surface area contributed by atoms with Gasteiger partial charge >= 0.3 is 6.03 Å². The molecule has 39 nitrogen and oxygen atoms in total. The lowest BCUT2D eigenvalue weighted by molar-refractivity contribution is -0.869. The number of urea groups is 1. The minimum Gasteiger partial charge on any atom is -0.508 e. The van der Waals surface area contributed by atoms with Crippen LogP contribution in [0.3, 0.4) is 0 Å². The second kappa shape index (κ2) is 58.5. The number of primary amides is 1. The Morgan fingerprint density at radius 1 is 0.497 bits per heavy atom. The van der Waals surface area contributed by atoms with Gasteiger partial charge < -0.3 is 116 Å². The van der Waals surface area contributed by atoms with Crippen molar-refractivity contribution in [3.8, 4) is 5.75 Å². The number of nitrogens with one attached hydrogen (secondary N) is 12. The molecule has 2 unspecified atom stereocenters. The van der Waals surface area contributed by atoms with Crippen molar-refractivity contribution in [1.29, 1.82) is 0 Å².